The fourth-order valence-corrected chi connectivity index (χ4v) is 1.58. The molecule has 0 atom stereocenters. The van der Waals surface area contributed by atoms with Crippen molar-refractivity contribution in [2.24, 2.45) is 0 Å². The van der Waals surface area contributed by atoms with Gasteiger partial charge in [-0.1, -0.05) is 0 Å². The maximum atomic E-state index is 11.1. The summed E-state index contributed by atoms with van der Waals surface area (Å²) >= 11 is 0. The van der Waals surface area contributed by atoms with Gasteiger partial charge in [0.05, 0.1) is 0 Å². The third-order valence-electron chi connectivity index (χ3n) is 2.37. The van der Waals surface area contributed by atoms with E-state index in [0.29, 0.717) is 0 Å². The number of amides is 2. The molecular formula is C13H14FeN2O. The van der Waals surface area contributed by atoms with Crippen LogP contribution in [0.2, 0.25) is 0 Å². The smallest absolute Gasteiger partial charge is 0.375 e. The first-order chi connectivity index (χ1) is 7.88. The second kappa shape index (κ2) is 6.94. The summed E-state index contributed by atoms with van der Waals surface area (Å²) in [5.41, 5.74) is 0.986. The number of rotatable bonds is 1. The van der Waals surface area contributed by atoms with Crippen LogP contribution in [0.1, 0.15) is 0 Å². The Morgan fingerprint density at radius 1 is 1.18 bits per heavy atom. The van der Waals surface area contributed by atoms with Gasteiger partial charge in [0.25, 0.3) is 0 Å². The van der Waals surface area contributed by atoms with Gasteiger partial charge in [-0.25, -0.2) is 12.1 Å². The van der Waals surface area contributed by atoms with Crippen molar-refractivity contribution in [1.29, 1.82) is 0 Å². The Balaban J connectivity index is 0.000000205. The first-order valence-electron chi connectivity index (χ1n) is 5.32. The fourth-order valence-electron chi connectivity index (χ4n) is 1.58. The van der Waals surface area contributed by atoms with E-state index in [1.165, 1.54) is 0 Å². The largest absolute Gasteiger partial charge is 2.00 e. The van der Waals surface area contributed by atoms with Crippen LogP contribution in [0.25, 0.3) is 0 Å². The van der Waals surface area contributed by atoms with Crippen molar-refractivity contribution in [3.63, 3.8) is 0 Å². The summed E-state index contributed by atoms with van der Waals surface area (Å²) in [6.07, 6.45) is 0. The Morgan fingerprint density at radius 3 is 2.24 bits per heavy atom. The van der Waals surface area contributed by atoms with Crippen LogP contribution in [-0.4, -0.2) is 19.1 Å². The fraction of sp³-hybridized carbons (Fsp3) is 0.154. The molecule has 4 heteroatoms. The van der Waals surface area contributed by atoms with Crippen LogP contribution in [0.4, 0.5) is 10.5 Å². The minimum Gasteiger partial charge on any atom is -0.375 e. The zero-order chi connectivity index (χ0) is 11.2. The van der Waals surface area contributed by atoms with Gasteiger partial charge in [0.1, 0.15) is 0 Å². The van der Waals surface area contributed by atoms with E-state index in [-0.39, 0.29) is 23.1 Å². The molecule has 0 bridgehead atoms. The number of anilines is 1. The van der Waals surface area contributed by atoms with Gasteiger partial charge in [-0.3, -0.25) is 0 Å². The van der Waals surface area contributed by atoms with E-state index in [0.717, 1.165) is 18.8 Å². The van der Waals surface area contributed by atoms with E-state index in [1.807, 2.05) is 54.6 Å². The second-order valence-electron chi connectivity index (χ2n) is 3.49. The predicted octanol–water partition coefficient (Wildman–Crippen LogP) is 2.34. The molecule has 1 saturated heterocycles. The van der Waals surface area contributed by atoms with E-state index in [1.54, 1.807) is 4.90 Å². The number of nitrogens with zero attached hydrogens (tertiary/aromatic N) is 1. The Morgan fingerprint density at radius 2 is 1.82 bits per heavy atom. The molecule has 17 heavy (non-hydrogen) atoms. The normalized spacial score (nSPS) is 13.4. The van der Waals surface area contributed by atoms with Crippen molar-refractivity contribution < 1.29 is 21.9 Å². The van der Waals surface area contributed by atoms with Gasteiger partial charge in [0, 0.05) is 13.1 Å². The summed E-state index contributed by atoms with van der Waals surface area (Å²) in [5, 5.41) is 2.74. The molecule has 0 saturated carbocycles. The average molecular weight is 270 g/mol. The van der Waals surface area contributed by atoms with Crippen LogP contribution in [0, 0.1) is 0 Å². The molecule has 2 amide bonds. The van der Waals surface area contributed by atoms with Crippen molar-refractivity contribution in [3.05, 3.63) is 54.6 Å². The van der Waals surface area contributed by atoms with Crippen molar-refractivity contribution in [3.8, 4) is 0 Å². The van der Waals surface area contributed by atoms with Gasteiger partial charge in [-0.2, -0.15) is 30.3 Å². The molecule has 1 N–H and O–H groups in total. The second-order valence-corrected chi connectivity index (χ2v) is 3.49. The van der Waals surface area contributed by atoms with Crippen LogP contribution in [0.15, 0.2) is 54.6 Å². The average Bonchev–Trinajstić information content (AvgIpc) is 3.02. The summed E-state index contributed by atoms with van der Waals surface area (Å²) in [6.45, 7) is 1.53. The number of nitrogens with one attached hydrogen (secondary N) is 1. The molecule has 0 aromatic heterocycles. The number of hydrogen-bond donors (Lipinski definition) is 1. The van der Waals surface area contributed by atoms with Crippen LogP contribution in [0.3, 0.4) is 0 Å². The van der Waals surface area contributed by atoms with Crippen molar-refractivity contribution in [2.75, 3.05) is 18.0 Å². The van der Waals surface area contributed by atoms with Crippen LogP contribution < -0.4 is 10.2 Å². The first kappa shape index (κ1) is 13.6. The Bertz CT molecular complexity index is 391. The summed E-state index contributed by atoms with van der Waals surface area (Å²) in [5.74, 6) is 0. The quantitative estimate of drug-likeness (QED) is 0.626. The molecule has 1 aliphatic heterocycles. The van der Waals surface area contributed by atoms with Crippen LogP contribution in [-0.2, 0) is 17.1 Å². The van der Waals surface area contributed by atoms with Crippen molar-refractivity contribution in [2.45, 2.75) is 0 Å². The standard InChI is InChI=1S/C8H9N2O.C5H5.Fe/c11-8-9-5-6-10(8)7-3-1-2-4-7;1-2-4-5-3-1;/h1-4H,5-6H2,(H,9,11);1-5H;/q2*-1;+2. The summed E-state index contributed by atoms with van der Waals surface area (Å²) < 4.78 is 0. The Kier molecular flexibility index (Phi) is 5.53. The van der Waals surface area contributed by atoms with Gasteiger partial charge in [-0.15, -0.1) is 12.1 Å². The topological polar surface area (TPSA) is 32.3 Å². The van der Waals surface area contributed by atoms with Gasteiger partial charge in [-0.05, 0) is 5.69 Å². The molecule has 0 spiro atoms. The monoisotopic (exact) mass is 270 g/mol. The molecule has 90 valence electrons. The summed E-state index contributed by atoms with van der Waals surface area (Å²) in [6, 6.07) is 17.7. The zero-order valence-electron chi connectivity index (χ0n) is 9.32. The third-order valence-corrected chi connectivity index (χ3v) is 2.37. The molecule has 0 unspecified atom stereocenters. The third kappa shape index (κ3) is 3.77. The Labute approximate surface area is 112 Å². The van der Waals surface area contributed by atoms with Gasteiger partial charge in [0.2, 0.25) is 6.03 Å². The first-order valence-corrected chi connectivity index (χ1v) is 5.32. The summed E-state index contributed by atoms with van der Waals surface area (Å²) in [7, 11) is 0. The number of urea groups is 1. The van der Waals surface area contributed by atoms with Crippen molar-refractivity contribution in [1.82, 2.24) is 5.32 Å². The molecule has 2 aromatic carbocycles. The maximum absolute atomic E-state index is 11.1. The number of hydrogen-bond acceptors (Lipinski definition) is 1. The van der Waals surface area contributed by atoms with Gasteiger partial charge >= 0.3 is 17.1 Å². The molecule has 0 aliphatic carbocycles. The number of carbonyl (C=O) groups excluding carboxylic acids is 1. The minimum atomic E-state index is 0. The SMILES string of the molecule is O=C1NCCN1[c-]1cccc1.[Fe+2].c1cc[cH-]c1. The maximum Gasteiger partial charge on any atom is 2.00 e. The van der Waals surface area contributed by atoms with E-state index in [4.69, 9.17) is 0 Å². The van der Waals surface area contributed by atoms with E-state index in [9.17, 15) is 4.79 Å². The van der Waals surface area contributed by atoms with Gasteiger partial charge in [0.15, 0.2) is 0 Å². The molecule has 2 aromatic rings. The zero-order valence-corrected chi connectivity index (χ0v) is 10.4. The molecule has 3 rings (SSSR count). The molecular weight excluding hydrogens is 256 g/mol. The van der Waals surface area contributed by atoms with E-state index < -0.39 is 0 Å². The van der Waals surface area contributed by atoms with Crippen molar-refractivity contribution >= 4 is 11.7 Å². The van der Waals surface area contributed by atoms with E-state index >= 15 is 0 Å². The molecule has 1 aliphatic rings. The Hall–Kier alpha value is -1.51. The van der Waals surface area contributed by atoms with E-state index in [2.05, 4.69) is 5.32 Å². The molecule has 1 fully saturated rings. The molecule has 1 heterocycles. The number of carbonyl (C=O) groups is 1. The van der Waals surface area contributed by atoms with Crippen LogP contribution >= 0.6 is 0 Å². The molecule has 3 nitrogen and oxygen atoms in total. The molecule has 0 radical (unpaired) electrons. The van der Waals surface area contributed by atoms with Gasteiger partial charge < -0.3 is 15.0 Å². The van der Waals surface area contributed by atoms with Crippen LogP contribution in [0.5, 0.6) is 0 Å². The summed E-state index contributed by atoms with van der Waals surface area (Å²) in [4.78, 5) is 12.8. The minimum absolute atomic E-state index is 0. The predicted molar refractivity (Wildman–Crippen MR) is 64.8 cm³/mol.